The van der Waals surface area contributed by atoms with Crippen LogP contribution in [-0.4, -0.2) is 11.2 Å². The van der Waals surface area contributed by atoms with Gasteiger partial charge in [0, 0.05) is 22.8 Å². The maximum Gasteiger partial charge on any atom is 0.221 e. The third kappa shape index (κ3) is 2.46. The Morgan fingerprint density at radius 1 is 1.25 bits per heavy atom. The number of pyridine rings is 1. The standard InChI is InChI=1S/C12H12N2OS/c1-16-11-5-3-2-4-10(11)15-12-8-9(13)6-7-14-12/h2-8H,1H3,(H2,13,14). The summed E-state index contributed by atoms with van der Waals surface area (Å²) in [4.78, 5) is 5.17. The first kappa shape index (κ1) is 10.8. The molecule has 0 unspecified atom stereocenters. The zero-order valence-corrected chi connectivity index (χ0v) is 9.70. The minimum Gasteiger partial charge on any atom is -0.438 e. The van der Waals surface area contributed by atoms with Gasteiger partial charge in [0.25, 0.3) is 0 Å². The fourth-order valence-electron chi connectivity index (χ4n) is 1.30. The summed E-state index contributed by atoms with van der Waals surface area (Å²) in [5, 5.41) is 0. The van der Waals surface area contributed by atoms with Crippen molar-refractivity contribution in [3.8, 4) is 11.6 Å². The Bertz CT molecular complexity index is 488. The first-order chi connectivity index (χ1) is 7.79. The lowest BCUT2D eigenvalue weighted by molar-refractivity contribution is 0.452. The van der Waals surface area contributed by atoms with Crippen LogP contribution < -0.4 is 10.5 Å². The summed E-state index contributed by atoms with van der Waals surface area (Å²) in [6.07, 6.45) is 3.64. The number of nitrogen functional groups attached to an aromatic ring is 1. The molecule has 82 valence electrons. The summed E-state index contributed by atoms with van der Waals surface area (Å²) < 4.78 is 5.67. The van der Waals surface area contributed by atoms with E-state index < -0.39 is 0 Å². The average Bonchev–Trinajstić information content (AvgIpc) is 2.30. The van der Waals surface area contributed by atoms with Crippen LogP contribution in [0.5, 0.6) is 11.6 Å². The maximum absolute atomic E-state index is 5.67. The van der Waals surface area contributed by atoms with Crippen LogP contribution in [0.4, 0.5) is 5.69 Å². The van der Waals surface area contributed by atoms with Crippen LogP contribution in [0, 0.1) is 0 Å². The first-order valence-electron chi connectivity index (χ1n) is 4.82. The summed E-state index contributed by atoms with van der Waals surface area (Å²) in [5.74, 6) is 1.31. The Morgan fingerprint density at radius 3 is 2.81 bits per heavy atom. The summed E-state index contributed by atoms with van der Waals surface area (Å²) in [6.45, 7) is 0. The van der Waals surface area contributed by atoms with Crippen molar-refractivity contribution in [3.63, 3.8) is 0 Å². The molecule has 0 saturated carbocycles. The summed E-state index contributed by atoms with van der Waals surface area (Å²) >= 11 is 1.63. The fourth-order valence-corrected chi connectivity index (χ4v) is 1.82. The Labute approximate surface area is 98.6 Å². The molecule has 3 nitrogen and oxygen atoms in total. The molecule has 0 fully saturated rings. The zero-order valence-electron chi connectivity index (χ0n) is 8.88. The van der Waals surface area contributed by atoms with E-state index in [1.807, 2.05) is 30.5 Å². The van der Waals surface area contributed by atoms with E-state index in [9.17, 15) is 0 Å². The quantitative estimate of drug-likeness (QED) is 0.826. The lowest BCUT2D eigenvalue weighted by Crippen LogP contribution is -1.91. The maximum atomic E-state index is 5.67. The summed E-state index contributed by atoms with van der Waals surface area (Å²) in [7, 11) is 0. The molecule has 0 bridgehead atoms. The monoisotopic (exact) mass is 232 g/mol. The Kier molecular flexibility index (Phi) is 3.31. The third-order valence-electron chi connectivity index (χ3n) is 2.04. The van der Waals surface area contributed by atoms with Crippen molar-refractivity contribution in [1.29, 1.82) is 0 Å². The zero-order chi connectivity index (χ0) is 11.4. The normalized spacial score (nSPS) is 10.1. The number of anilines is 1. The molecule has 0 aliphatic rings. The van der Waals surface area contributed by atoms with Crippen molar-refractivity contribution in [2.24, 2.45) is 0 Å². The first-order valence-corrected chi connectivity index (χ1v) is 6.04. The molecule has 2 aromatic rings. The van der Waals surface area contributed by atoms with Gasteiger partial charge in [-0.15, -0.1) is 11.8 Å². The predicted octanol–water partition coefficient (Wildman–Crippen LogP) is 3.18. The Morgan fingerprint density at radius 2 is 2.06 bits per heavy atom. The van der Waals surface area contributed by atoms with Gasteiger partial charge in [0.2, 0.25) is 5.88 Å². The van der Waals surface area contributed by atoms with E-state index in [0.717, 1.165) is 10.6 Å². The molecule has 0 saturated heterocycles. The number of thioether (sulfide) groups is 1. The highest BCUT2D eigenvalue weighted by Gasteiger charge is 2.03. The molecule has 2 N–H and O–H groups in total. The van der Waals surface area contributed by atoms with E-state index in [1.165, 1.54) is 0 Å². The van der Waals surface area contributed by atoms with Crippen molar-refractivity contribution >= 4 is 17.4 Å². The van der Waals surface area contributed by atoms with Gasteiger partial charge in [-0.2, -0.15) is 0 Å². The van der Waals surface area contributed by atoms with Crippen molar-refractivity contribution in [2.75, 3.05) is 12.0 Å². The van der Waals surface area contributed by atoms with E-state index in [4.69, 9.17) is 10.5 Å². The predicted molar refractivity (Wildman–Crippen MR) is 66.9 cm³/mol. The average molecular weight is 232 g/mol. The van der Waals surface area contributed by atoms with Crippen molar-refractivity contribution in [1.82, 2.24) is 4.98 Å². The summed E-state index contributed by atoms with van der Waals surface area (Å²) in [6, 6.07) is 11.3. The number of aromatic nitrogens is 1. The molecule has 0 radical (unpaired) electrons. The molecular formula is C12H12N2OS. The molecule has 0 aliphatic heterocycles. The largest absolute Gasteiger partial charge is 0.438 e. The van der Waals surface area contributed by atoms with Crippen molar-refractivity contribution < 1.29 is 4.74 Å². The minimum atomic E-state index is 0.515. The molecule has 0 aliphatic carbocycles. The van der Waals surface area contributed by atoms with E-state index in [-0.39, 0.29) is 0 Å². The molecular weight excluding hydrogens is 220 g/mol. The van der Waals surface area contributed by atoms with Gasteiger partial charge in [0.05, 0.1) is 0 Å². The number of ether oxygens (including phenoxy) is 1. The van der Waals surface area contributed by atoms with Gasteiger partial charge in [-0.25, -0.2) is 4.98 Å². The van der Waals surface area contributed by atoms with Gasteiger partial charge in [0.1, 0.15) is 5.75 Å². The van der Waals surface area contributed by atoms with E-state index in [0.29, 0.717) is 11.6 Å². The molecule has 0 atom stereocenters. The Hall–Kier alpha value is -1.68. The molecule has 1 heterocycles. The van der Waals surface area contributed by atoms with Crippen LogP contribution in [0.25, 0.3) is 0 Å². The second-order valence-corrected chi connectivity index (χ2v) is 4.03. The summed E-state index contributed by atoms with van der Waals surface area (Å²) in [5.41, 5.74) is 6.30. The van der Waals surface area contributed by atoms with E-state index in [2.05, 4.69) is 4.98 Å². The van der Waals surface area contributed by atoms with Gasteiger partial charge >= 0.3 is 0 Å². The van der Waals surface area contributed by atoms with Gasteiger partial charge in [0.15, 0.2) is 0 Å². The van der Waals surface area contributed by atoms with Crippen LogP contribution in [-0.2, 0) is 0 Å². The topological polar surface area (TPSA) is 48.1 Å². The molecule has 0 spiro atoms. The fraction of sp³-hybridized carbons (Fsp3) is 0.0833. The van der Waals surface area contributed by atoms with Gasteiger partial charge in [-0.05, 0) is 24.5 Å². The van der Waals surface area contributed by atoms with Crippen LogP contribution >= 0.6 is 11.8 Å². The van der Waals surface area contributed by atoms with Gasteiger partial charge in [-0.3, -0.25) is 0 Å². The minimum absolute atomic E-state index is 0.515. The van der Waals surface area contributed by atoms with Crippen LogP contribution in [0.2, 0.25) is 0 Å². The number of rotatable bonds is 3. The van der Waals surface area contributed by atoms with Crippen molar-refractivity contribution in [2.45, 2.75) is 4.90 Å². The highest BCUT2D eigenvalue weighted by atomic mass is 32.2. The number of hydrogen-bond acceptors (Lipinski definition) is 4. The lowest BCUT2D eigenvalue weighted by atomic mass is 10.3. The number of para-hydroxylation sites is 1. The molecule has 4 heteroatoms. The molecule has 16 heavy (non-hydrogen) atoms. The molecule has 1 aromatic heterocycles. The molecule has 2 rings (SSSR count). The van der Waals surface area contributed by atoms with Gasteiger partial charge in [-0.1, -0.05) is 12.1 Å². The molecule has 1 aromatic carbocycles. The lowest BCUT2D eigenvalue weighted by Gasteiger charge is -2.08. The van der Waals surface area contributed by atoms with E-state index >= 15 is 0 Å². The highest BCUT2D eigenvalue weighted by molar-refractivity contribution is 7.98. The third-order valence-corrected chi connectivity index (χ3v) is 2.82. The smallest absolute Gasteiger partial charge is 0.221 e. The van der Waals surface area contributed by atoms with Crippen LogP contribution in [0.3, 0.4) is 0 Å². The Balaban J connectivity index is 2.26. The van der Waals surface area contributed by atoms with E-state index in [1.54, 1.807) is 30.1 Å². The van der Waals surface area contributed by atoms with Crippen LogP contribution in [0.1, 0.15) is 0 Å². The number of hydrogen-bond donors (Lipinski definition) is 1. The number of nitrogens with zero attached hydrogens (tertiary/aromatic N) is 1. The molecule has 0 amide bonds. The second kappa shape index (κ2) is 4.90. The number of benzene rings is 1. The van der Waals surface area contributed by atoms with Crippen LogP contribution in [0.15, 0.2) is 47.5 Å². The van der Waals surface area contributed by atoms with Gasteiger partial charge < -0.3 is 10.5 Å². The van der Waals surface area contributed by atoms with Crippen molar-refractivity contribution in [3.05, 3.63) is 42.6 Å². The highest BCUT2D eigenvalue weighted by Crippen LogP contribution is 2.30. The second-order valence-electron chi connectivity index (χ2n) is 3.18. The number of nitrogens with two attached hydrogens (primary N) is 1. The SMILES string of the molecule is CSc1ccccc1Oc1cc(N)ccn1.